The molecule has 19 heavy (non-hydrogen) atoms. The summed E-state index contributed by atoms with van der Waals surface area (Å²) < 4.78 is 0. The molecule has 0 bridgehead atoms. The van der Waals surface area contributed by atoms with Gasteiger partial charge in [0.15, 0.2) is 0 Å². The van der Waals surface area contributed by atoms with Gasteiger partial charge in [-0.15, -0.1) is 0 Å². The summed E-state index contributed by atoms with van der Waals surface area (Å²) in [5, 5.41) is 11.2. The van der Waals surface area contributed by atoms with Gasteiger partial charge in [-0.3, -0.25) is 5.10 Å². The van der Waals surface area contributed by atoms with Gasteiger partial charge >= 0.3 is 0 Å². The highest BCUT2D eigenvalue weighted by atomic mass is 15.1. The molecule has 2 heteroatoms. The van der Waals surface area contributed by atoms with Gasteiger partial charge in [0, 0.05) is 10.9 Å². The second-order valence-electron chi connectivity index (χ2n) is 4.64. The van der Waals surface area contributed by atoms with Crippen molar-refractivity contribution >= 4 is 21.7 Å². The van der Waals surface area contributed by atoms with Gasteiger partial charge in [-0.2, -0.15) is 5.10 Å². The lowest BCUT2D eigenvalue weighted by molar-refractivity contribution is 1.12. The molecule has 0 aliphatic rings. The van der Waals surface area contributed by atoms with Crippen molar-refractivity contribution in [3.63, 3.8) is 0 Å². The fourth-order valence-corrected chi connectivity index (χ4v) is 2.60. The van der Waals surface area contributed by atoms with Gasteiger partial charge < -0.3 is 0 Å². The first-order valence-electron chi connectivity index (χ1n) is 6.35. The van der Waals surface area contributed by atoms with Crippen LogP contribution in [-0.4, -0.2) is 10.2 Å². The Morgan fingerprint density at radius 2 is 1.42 bits per heavy atom. The molecule has 0 radical (unpaired) electrons. The minimum absolute atomic E-state index is 1.02. The van der Waals surface area contributed by atoms with E-state index >= 15 is 0 Å². The Labute approximate surface area is 110 Å². The van der Waals surface area contributed by atoms with E-state index in [0.29, 0.717) is 0 Å². The lowest BCUT2D eigenvalue weighted by Crippen LogP contribution is -1.82. The quantitative estimate of drug-likeness (QED) is 0.528. The monoisotopic (exact) mass is 244 g/mol. The van der Waals surface area contributed by atoms with Gasteiger partial charge in [0.2, 0.25) is 0 Å². The molecule has 0 aliphatic carbocycles. The lowest BCUT2D eigenvalue weighted by atomic mass is 10.0. The number of nitrogens with one attached hydrogen (secondary N) is 1. The Morgan fingerprint density at radius 3 is 2.37 bits per heavy atom. The van der Waals surface area contributed by atoms with Crippen LogP contribution in [0.15, 0.2) is 66.7 Å². The zero-order valence-corrected chi connectivity index (χ0v) is 10.3. The standard InChI is InChI=1S/C17H12N2/c1-2-8-13-12(6-1)7-5-10-14(13)17-15-9-3-4-11-16(15)18-19-17/h1-11H,(H,18,19). The number of H-pyrrole nitrogens is 1. The molecule has 3 aromatic carbocycles. The van der Waals surface area contributed by atoms with E-state index in [1.54, 1.807) is 0 Å². The molecular weight excluding hydrogens is 232 g/mol. The van der Waals surface area contributed by atoms with E-state index in [1.807, 2.05) is 12.1 Å². The summed E-state index contributed by atoms with van der Waals surface area (Å²) in [7, 11) is 0. The molecule has 0 saturated carbocycles. The van der Waals surface area contributed by atoms with Crippen LogP contribution in [-0.2, 0) is 0 Å². The minimum atomic E-state index is 1.02. The normalized spacial score (nSPS) is 11.2. The number of nitrogens with zero attached hydrogens (tertiary/aromatic N) is 1. The van der Waals surface area contributed by atoms with Crippen molar-refractivity contribution in [1.29, 1.82) is 0 Å². The summed E-state index contributed by atoms with van der Waals surface area (Å²) in [6, 6.07) is 23.0. The fraction of sp³-hybridized carbons (Fsp3) is 0. The number of rotatable bonds is 1. The summed E-state index contributed by atoms with van der Waals surface area (Å²) in [5.74, 6) is 0. The van der Waals surface area contributed by atoms with Crippen LogP contribution in [0.4, 0.5) is 0 Å². The SMILES string of the molecule is c1ccc2c(-c3n[nH]c4ccccc34)cccc2c1. The van der Waals surface area contributed by atoms with Gasteiger partial charge in [0.25, 0.3) is 0 Å². The van der Waals surface area contributed by atoms with Crippen LogP contribution in [0.2, 0.25) is 0 Å². The van der Waals surface area contributed by atoms with E-state index in [9.17, 15) is 0 Å². The molecule has 2 nitrogen and oxygen atoms in total. The van der Waals surface area contributed by atoms with E-state index < -0.39 is 0 Å². The van der Waals surface area contributed by atoms with E-state index in [2.05, 4.69) is 64.8 Å². The van der Waals surface area contributed by atoms with E-state index in [-0.39, 0.29) is 0 Å². The van der Waals surface area contributed by atoms with Crippen LogP contribution in [0.3, 0.4) is 0 Å². The molecule has 0 atom stereocenters. The molecule has 0 fully saturated rings. The van der Waals surface area contributed by atoms with Crippen LogP contribution >= 0.6 is 0 Å². The topological polar surface area (TPSA) is 28.7 Å². The molecule has 4 rings (SSSR count). The van der Waals surface area contributed by atoms with Crippen LogP contribution in [0.1, 0.15) is 0 Å². The molecule has 0 unspecified atom stereocenters. The van der Waals surface area contributed by atoms with Crippen LogP contribution in [0, 0.1) is 0 Å². The Bertz CT molecular complexity index is 869. The average molecular weight is 244 g/mol. The van der Waals surface area contributed by atoms with E-state index in [4.69, 9.17) is 0 Å². The third kappa shape index (κ3) is 1.54. The summed E-state index contributed by atoms with van der Waals surface area (Å²) in [6.45, 7) is 0. The molecule has 1 N–H and O–H groups in total. The number of aromatic nitrogens is 2. The zero-order chi connectivity index (χ0) is 12.7. The maximum absolute atomic E-state index is 4.49. The average Bonchev–Trinajstić information content (AvgIpc) is 2.90. The molecule has 1 heterocycles. The number of hydrogen-bond acceptors (Lipinski definition) is 1. The second-order valence-corrected chi connectivity index (χ2v) is 4.64. The van der Waals surface area contributed by atoms with Gasteiger partial charge in [-0.05, 0) is 16.8 Å². The smallest absolute Gasteiger partial charge is 0.101 e. The highest BCUT2D eigenvalue weighted by Crippen LogP contribution is 2.31. The summed E-state index contributed by atoms with van der Waals surface area (Å²) in [6.07, 6.45) is 0. The van der Waals surface area contributed by atoms with Gasteiger partial charge in [-0.25, -0.2) is 0 Å². The molecule has 0 saturated heterocycles. The predicted octanol–water partition coefficient (Wildman–Crippen LogP) is 4.38. The summed E-state index contributed by atoms with van der Waals surface area (Å²) >= 11 is 0. The summed E-state index contributed by atoms with van der Waals surface area (Å²) in [5.41, 5.74) is 3.27. The van der Waals surface area contributed by atoms with Crippen LogP contribution < -0.4 is 0 Å². The Hall–Kier alpha value is -2.61. The number of para-hydroxylation sites is 1. The molecular formula is C17H12N2. The second kappa shape index (κ2) is 3.95. The summed E-state index contributed by atoms with van der Waals surface area (Å²) in [4.78, 5) is 0. The first-order chi connectivity index (χ1) is 9.43. The first-order valence-corrected chi connectivity index (χ1v) is 6.35. The Balaban J connectivity index is 2.10. The van der Waals surface area contributed by atoms with Crippen molar-refractivity contribution in [2.24, 2.45) is 0 Å². The van der Waals surface area contributed by atoms with Crippen molar-refractivity contribution in [3.05, 3.63) is 66.7 Å². The van der Waals surface area contributed by atoms with Crippen molar-refractivity contribution in [2.75, 3.05) is 0 Å². The lowest BCUT2D eigenvalue weighted by Gasteiger charge is -2.04. The molecule has 0 spiro atoms. The highest BCUT2D eigenvalue weighted by Gasteiger charge is 2.09. The fourth-order valence-electron chi connectivity index (χ4n) is 2.60. The van der Waals surface area contributed by atoms with Crippen molar-refractivity contribution in [2.45, 2.75) is 0 Å². The van der Waals surface area contributed by atoms with Crippen LogP contribution in [0.5, 0.6) is 0 Å². The third-order valence-corrected chi connectivity index (χ3v) is 3.52. The number of fused-ring (bicyclic) bond motifs is 2. The van der Waals surface area contributed by atoms with Gasteiger partial charge in [0.05, 0.1) is 5.52 Å². The third-order valence-electron chi connectivity index (χ3n) is 3.52. The molecule has 1 aromatic heterocycles. The Morgan fingerprint density at radius 1 is 0.684 bits per heavy atom. The molecule has 4 aromatic rings. The predicted molar refractivity (Wildman–Crippen MR) is 79.0 cm³/mol. The van der Waals surface area contributed by atoms with Crippen LogP contribution in [0.25, 0.3) is 32.9 Å². The Kier molecular flexibility index (Phi) is 2.15. The van der Waals surface area contributed by atoms with Crippen molar-refractivity contribution < 1.29 is 0 Å². The van der Waals surface area contributed by atoms with E-state index in [0.717, 1.165) is 11.2 Å². The van der Waals surface area contributed by atoms with Crippen molar-refractivity contribution in [1.82, 2.24) is 10.2 Å². The largest absolute Gasteiger partial charge is 0.277 e. The van der Waals surface area contributed by atoms with Crippen molar-refractivity contribution in [3.8, 4) is 11.3 Å². The highest BCUT2D eigenvalue weighted by molar-refractivity contribution is 6.03. The molecule has 90 valence electrons. The zero-order valence-electron chi connectivity index (χ0n) is 10.3. The number of hydrogen-bond donors (Lipinski definition) is 1. The maximum Gasteiger partial charge on any atom is 0.101 e. The van der Waals surface area contributed by atoms with E-state index in [1.165, 1.54) is 21.7 Å². The maximum atomic E-state index is 4.49. The molecule has 0 amide bonds. The number of aromatic amines is 1. The van der Waals surface area contributed by atoms with Gasteiger partial charge in [-0.1, -0.05) is 60.7 Å². The van der Waals surface area contributed by atoms with Gasteiger partial charge in [0.1, 0.15) is 5.69 Å². The number of benzene rings is 3. The minimum Gasteiger partial charge on any atom is -0.277 e. The molecule has 0 aliphatic heterocycles. The first kappa shape index (κ1) is 10.3.